The van der Waals surface area contributed by atoms with Crippen LogP contribution in [0.2, 0.25) is 0 Å². The van der Waals surface area contributed by atoms with E-state index in [1.165, 1.54) is 4.31 Å². The Morgan fingerprint density at radius 3 is 2.48 bits per heavy atom. The third-order valence-electron chi connectivity index (χ3n) is 5.68. The molecule has 8 nitrogen and oxygen atoms in total. The Balaban J connectivity index is 1.45. The first-order chi connectivity index (χ1) is 15.8. The molecule has 0 aliphatic carbocycles. The van der Waals surface area contributed by atoms with E-state index in [9.17, 15) is 13.2 Å². The van der Waals surface area contributed by atoms with Gasteiger partial charge in [0.05, 0.1) is 0 Å². The van der Waals surface area contributed by atoms with Crippen molar-refractivity contribution in [1.82, 2.24) is 14.4 Å². The third kappa shape index (κ3) is 5.20. The van der Waals surface area contributed by atoms with E-state index in [0.717, 1.165) is 11.1 Å². The van der Waals surface area contributed by atoms with E-state index in [-0.39, 0.29) is 35.6 Å². The van der Waals surface area contributed by atoms with Gasteiger partial charge in [-0.1, -0.05) is 47.1 Å². The summed E-state index contributed by atoms with van der Waals surface area (Å²) in [5.41, 5.74) is 2.38. The Hall–Kier alpha value is -3.30. The van der Waals surface area contributed by atoms with E-state index in [0.29, 0.717) is 24.4 Å². The molecule has 0 unspecified atom stereocenters. The molecule has 1 amide bonds. The van der Waals surface area contributed by atoms with Gasteiger partial charge in [-0.3, -0.25) is 4.79 Å². The first-order valence-electron chi connectivity index (χ1n) is 10.8. The number of hydrogen-bond acceptors (Lipinski definition) is 6. The number of benzene rings is 1. The second-order valence-corrected chi connectivity index (χ2v) is 9.96. The van der Waals surface area contributed by atoms with Gasteiger partial charge in [0.15, 0.2) is 10.7 Å². The molecular weight excluding hydrogens is 440 g/mol. The number of nitrogens with one attached hydrogen (secondary N) is 1. The molecule has 0 radical (unpaired) electrons. The first-order valence-corrected chi connectivity index (χ1v) is 12.2. The fourth-order valence-corrected chi connectivity index (χ4v) is 5.52. The van der Waals surface area contributed by atoms with Crippen LogP contribution in [0, 0.1) is 19.8 Å². The fraction of sp³-hybridized carbons (Fsp3) is 0.292. The predicted molar refractivity (Wildman–Crippen MR) is 126 cm³/mol. The van der Waals surface area contributed by atoms with Crippen molar-refractivity contribution in [3.8, 4) is 0 Å². The van der Waals surface area contributed by atoms with E-state index in [2.05, 4.69) is 15.5 Å². The molecule has 0 spiro atoms. The molecule has 33 heavy (non-hydrogen) atoms. The number of piperidine rings is 1. The molecule has 1 aliphatic heterocycles. The van der Waals surface area contributed by atoms with Crippen LogP contribution in [0.5, 0.6) is 0 Å². The van der Waals surface area contributed by atoms with Gasteiger partial charge in [-0.05, 0) is 50.5 Å². The van der Waals surface area contributed by atoms with Crippen LogP contribution in [-0.4, -0.2) is 41.9 Å². The van der Waals surface area contributed by atoms with Crippen LogP contribution in [-0.2, 0) is 14.8 Å². The zero-order valence-corrected chi connectivity index (χ0v) is 19.4. The molecule has 0 atom stereocenters. The lowest BCUT2D eigenvalue weighted by atomic mass is 9.97. The van der Waals surface area contributed by atoms with Crippen LogP contribution in [0.4, 0.5) is 5.82 Å². The number of rotatable bonds is 6. The fourth-order valence-electron chi connectivity index (χ4n) is 3.80. The van der Waals surface area contributed by atoms with Crippen molar-refractivity contribution in [3.05, 3.63) is 71.2 Å². The Bertz CT molecular complexity index is 1240. The maximum atomic E-state index is 13.4. The van der Waals surface area contributed by atoms with Crippen molar-refractivity contribution in [3.63, 3.8) is 0 Å². The van der Waals surface area contributed by atoms with Gasteiger partial charge in [-0.25, -0.2) is 13.4 Å². The third-order valence-corrected chi connectivity index (χ3v) is 7.73. The SMILES string of the molecule is Cc1ccc(C=Cc2onc(C)c2S(=O)(=O)N2CCC(C(=O)Nc3ccccn3)CC2)cc1. The molecule has 4 rings (SSSR count). The minimum Gasteiger partial charge on any atom is -0.355 e. The van der Waals surface area contributed by atoms with E-state index >= 15 is 0 Å². The summed E-state index contributed by atoms with van der Waals surface area (Å²) in [6, 6.07) is 13.2. The topological polar surface area (TPSA) is 105 Å². The van der Waals surface area contributed by atoms with Crippen LogP contribution >= 0.6 is 0 Å². The number of hydrogen-bond donors (Lipinski definition) is 1. The molecule has 3 aromatic rings. The second kappa shape index (κ2) is 9.68. The van der Waals surface area contributed by atoms with E-state index in [1.54, 1.807) is 43.5 Å². The van der Waals surface area contributed by atoms with Crippen molar-refractivity contribution < 1.29 is 17.7 Å². The maximum Gasteiger partial charge on any atom is 0.248 e. The number of aromatic nitrogens is 2. The summed E-state index contributed by atoms with van der Waals surface area (Å²) in [7, 11) is -3.82. The normalized spacial score (nSPS) is 15.7. The number of sulfonamides is 1. The molecule has 0 bridgehead atoms. The molecule has 1 N–H and O–H groups in total. The van der Waals surface area contributed by atoms with Crippen LogP contribution in [0.25, 0.3) is 12.2 Å². The van der Waals surface area contributed by atoms with Gasteiger partial charge in [0.2, 0.25) is 15.9 Å². The number of aryl methyl sites for hydroxylation is 2. The highest BCUT2D eigenvalue weighted by Gasteiger charge is 2.36. The zero-order chi connectivity index (χ0) is 23.4. The maximum absolute atomic E-state index is 13.4. The molecule has 172 valence electrons. The lowest BCUT2D eigenvalue weighted by Crippen LogP contribution is -2.41. The molecule has 3 heterocycles. The number of carbonyl (C=O) groups excluding carboxylic acids is 1. The average Bonchev–Trinajstić information content (AvgIpc) is 3.20. The highest BCUT2D eigenvalue weighted by Crippen LogP contribution is 2.29. The van der Waals surface area contributed by atoms with E-state index in [1.807, 2.05) is 31.2 Å². The zero-order valence-electron chi connectivity index (χ0n) is 18.6. The van der Waals surface area contributed by atoms with Gasteiger partial charge in [0.1, 0.15) is 11.5 Å². The van der Waals surface area contributed by atoms with Gasteiger partial charge in [0.25, 0.3) is 0 Å². The first kappa shape index (κ1) is 22.9. The van der Waals surface area contributed by atoms with Gasteiger partial charge in [-0.15, -0.1) is 0 Å². The van der Waals surface area contributed by atoms with Crippen LogP contribution in [0.1, 0.15) is 35.4 Å². The average molecular weight is 467 g/mol. The summed E-state index contributed by atoms with van der Waals surface area (Å²) in [4.78, 5) is 16.7. The summed E-state index contributed by atoms with van der Waals surface area (Å²) in [5.74, 6) is 0.266. The van der Waals surface area contributed by atoms with Crippen LogP contribution in [0.3, 0.4) is 0 Å². The quantitative estimate of drug-likeness (QED) is 0.591. The smallest absolute Gasteiger partial charge is 0.248 e. The van der Waals surface area contributed by atoms with Crippen molar-refractivity contribution in [2.45, 2.75) is 31.6 Å². The predicted octanol–water partition coefficient (Wildman–Crippen LogP) is 3.90. The summed E-state index contributed by atoms with van der Waals surface area (Å²) < 4.78 is 33.5. The number of anilines is 1. The molecule has 9 heteroatoms. The summed E-state index contributed by atoms with van der Waals surface area (Å²) in [6.07, 6.45) is 5.89. The molecule has 1 saturated heterocycles. The minimum absolute atomic E-state index is 0.0715. The molecular formula is C24H26N4O4S. The van der Waals surface area contributed by atoms with Crippen molar-refractivity contribution in [1.29, 1.82) is 0 Å². The Morgan fingerprint density at radius 1 is 1.09 bits per heavy atom. The molecule has 1 fully saturated rings. The highest BCUT2D eigenvalue weighted by atomic mass is 32.2. The van der Waals surface area contributed by atoms with Gasteiger partial charge >= 0.3 is 0 Å². The molecule has 2 aromatic heterocycles. The highest BCUT2D eigenvalue weighted by molar-refractivity contribution is 7.89. The monoisotopic (exact) mass is 466 g/mol. The van der Waals surface area contributed by atoms with Gasteiger partial charge in [-0.2, -0.15) is 4.31 Å². The summed E-state index contributed by atoms with van der Waals surface area (Å²) in [6.45, 7) is 4.11. The van der Waals surface area contributed by atoms with Crippen LogP contribution in [0.15, 0.2) is 58.1 Å². The largest absolute Gasteiger partial charge is 0.355 e. The number of carbonyl (C=O) groups is 1. The van der Waals surface area contributed by atoms with Crippen molar-refractivity contribution in [2.75, 3.05) is 18.4 Å². The second-order valence-electron chi connectivity index (χ2n) is 8.09. The Morgan fingerprint density at radius 2 is 1.82 bits per heavy atom. The molecule has 0 saturated carbocycles. The van der Waals surface area contributed by atoms with E-state index in [4.69, 9.17) is 4.52 Å². The van der Waals surface area contributed by atoms with Crippen molar-refractivity contribution in [2.24, 2.45) is 5.92 Å². The number of amides is 1. The van der Waals surface area contributed by atoms with Crippen molar-refractivity contribution >= 4 is 33.9 Å². The Labute approximate surface area is 193 Å². The number of nitrogens with zero attached hydrogens (tertiary/aromatic N) is 3. The lowest BCUT2D eigenvalue weighted by Gasteiger charge is -2.30. The van der Waals surface area contributed by atoms with E-state index < -0.39 is 10.0 Å². The minimum atomic E-state index is -3.82. The molecule has 1 aromatic carbocycles. The van der Waals surface area contributed by atoms with Gasteiger partial charge < -0.3 is 9.84 Å². The number of pyridine rings is 1. The summed E-state index contributed by atoms with van der Waals surface area (Å²) in [5, 5.41) is 6.69. The standard InChI is InChI=1S/C24H26N4O4S/c1-17-6-8-19(9-7-17)10-11-21-23(18(2)27-32-21)33(30,31)28-15-12-20(13-16-28)24(29)26-22-5-3-4-14-25-22/h3-11,14,20H,12-13,15-16H2,1-2H3,(H,25,26,29). The summed E-state index contributed by atoms with van der Waals surface area (Å²) >= 11 is 0. The van der Waals surface area contributed by atoms with Crippen LogP contribution < -0.4 is 5.32 Å². The molecule has 1 aliphatic rings. The van der Waals surface area contributed by atoms with Gasteiger partial charge in [0, 0.05) is 25.2 Å². The Kier molecular flexibility index (Phi) is 6.71. The lowest BCUT2D eigenvalue weighted by molar-refractivity contribution is -0.120.